The highest BCUT2D eigenvalue weighted by atomic mass is 19.1. The summed E-state index contributed by atoms with van der Waals surface area (Å²) in [6, 6.07) is 0. The minimum Gasteiger partial charge on any atom is -0.456 e. The maximum atomic E-state index is 10.6. The van der Waals surface area contributed by atoms with Crippen LogP contribution in [0.3, 0.4) is 0 Å². The van der Waals surface area contributed by atoms with Crippen LogP contribution < -0.4 is 0 Å². The maximum Gasteiger partial charge on any atom is 0.495 e. The average molecular weight is 142 g/mol. The van der Waals surface area contributed by atoms with Crippen LogP contribution in [0.1, 0.15) is 0 Å². The van der Waals surface area contributed by atoms with Gasteiger partial charge in [-0.25, -0.2) is 9.59 Å². The normalized spacial score (nSPS) is 6.56. The van der Waals surface area contributed by atoms with Crippen molar-refractivity contribution in [3.63, 3.8) is 0 Å². The SMILES string of the molecule is COC(=O)F.O=C(O)F. The van der Waals surface area contributed by atoms with Gasteiger partial charge in [-0.05, 0) is 0 Å². The zero-order valence-electron chi connectivity index (χ0n) is 4.43. The summed E-state index contributed by atoms with van der Waals surface area (Å²) in [5.74, 6) is 0. The molecule has 0 aromatic rings. The molecule has 0 amide bonds. The lowest BCUT2D eigenvalue weighted by molar-refractivity contribution is 0.144. The Morgan fingerprint density at radius 3 is 1.56 bits per heavy atom. The highest BCUT2D eigenvalue weighted by molar-refractivity contribution is 5.57. The van der Waals surface area contributed by atoms with Crippen molar-refractivity contribution in [1.29, 1.82) is 0 Å². The molecule has 0 fully saturated rings. The van der Waals surface area contributed by atoms with Crippen LogP contribution in [0.25, 0.3) is 0 Å². The summed E-state index contributed by atoms with van der Waals surface area (Å²) < 4.78 is 23.9. The van der Waals surface area contributed by atoms with Crippen molar-refractivity contribution in [2.45, 2.75) is 0 Å². The van der Waals surface area contributed by atoms with Gasteiger partial charge in [0.2, 0.25) is 0 Å². The van der Waals surface area contributed by atoms with Crippen LogP contribution in [0.4, 0.5) is 18.4 Å². The highest BCUT2D eigenvalue weighted by Gasteiger charge is 1.84. The molecule has 0 radical (unpaired) electrons. The zero-order chi connectivity index (χ0) is 7.86. The summed E-state index contributed by atoms with van der Waals surface area (Å²) in [6.07, 6.45) is -4.08. The lowest BCUT2D eigenvalue weighted by atomic mass is 11.4. The lowest BCUT2D eigenvalue weighted by Gasteiger charge is -1.75. The molecule has 0 atom stereocenters. The van der Waals surface area contributed by atoms with Gasteiger partial charge < -0.3 is 9.84 Å². The smallest absolute Gasteiger partial charge is 0.456 e. The average Bonchev–Trinajstić information content (AvgIpc) is 1.65. The third-order valence-electron chi connectivity index (χ3n) is 0.160. The van der Waals surface area contributed by atoms with E-state index in [0.717, 1.165) is 7.11 Å². The highest BCUT2D eigenvalue weighted by Crippen LogP contribution is 1.71. The Morgan fingerprint density at radius 1 is 1.44 bits per heavy atom. The predicted octanol–water partition coefficient (Wildman–Crippen LogP) is 1.36. The molecule has 0 spiro atoms. The molecule has 0 aliphatic heterocycles. The lowest BCUT2D eigenvalue weighted by Crippen LogP contribution is -1.82. The number of hydrogen-bond acceptors (Lipinski definition) is 3. The molecule has 6 heteroatoms. The largest absolute Gasteiger partial charge is 0.495 e. The Balaban J connectivity index is 0. The standard InChI is InChI=1S/C2H3FO2.CHFO2/c1-5-2(3)4;2-1(3)4/h1H3;(H,3,4). The van der Waals surface area contributed by atoms with Crippen LogP contribution in [-0.2, 0) is 4.74 Å². The second kappa shape index (κ2) is 6.80. The molecule has 0 aromatic carbocycles. The van der Waals surface area contributed by atoms with Gasteiger partial charge >= 0.3 is 12.4 Å². The van der Waals surface area contributed by atoms with E-state index < -0.39 is 12.4 Å². The summed E-state index contributed by atoms with van der Waals surface area (Å²) in [6.45, 7) is 0. The fraction of sp³-hybridized carbons (Fsp3) is 0.333. The number of rotatable bonds is 0. The molecule has 0 saturated carbocycles. The second-order valence-electron chi connectivity index (χ2n) is 0.695. The first-order valence-corrected chi connectivity index (χ1v) is 1.62. The molecule has 0 aliphatic rings. The Kier molecular flexibility index (Phi) is 8.10. The Bertz CT molecular complexity index is 98.0. The zero-order valence-corrected chi connectivity index (χ0v) is 4.43. The number of carboxylic acid groups (broad SMARTS) is 1. The first-order chi connectivity index (χ1) is 4.00. The molecule has 0 bridgehead atoms. The van der Waals surface area contributed by atoms with E-state index in [9.17, 15) is 8.78 Å². The van der Waals surface area contributed by atoms with Gasteiger partial charge in [0.05, 0.1) is 7.11 Å². The third kappa shape index (κ3) is 245. The number of ether oxygens (including phenoxy) is 1. The molecule has 0 aromatic heterocycles. The van der Waals surface area contributed by atoms with E-state index in [1.165, 1.54) is 0 Å². The van der Waals surface area contributed by atoms with Crippen LogP contribution in [0.5, 0.6) is 0 Å². The molecule has 9 heavy (non-hydrogen) atoms. The van der Waals surface area contributed by atoms with E-state index in [0.29, 0.717) is 0 Å². The van der Waals surface area contributed by atoms with Crippen molar-refractivity contribution in [2.24, 2.45) is 0 Å². The van der Waals surface area contributed by atoms with Gasteiger partial charge in [0.1, 0.15) is 0 Å². The molecule has 1 N–H and O–H groups in total. The predicted molar refractivity (Wildman–Crippen MR) is 22.6 cm³/mol. The van der Waals surface area contributed by atoms with Gasteiger partial charge in [-0.2, -0.15) is 0 Å². The van der Waals surface area contributed by atoms with Crippen molar-refractivity contribution < 1.29 is 28.2 Å². The van der Waals surface area contributed by atoms with Crippen molar-refractivity contribution >= 4 is 12.4 Å². The van der Waals surface area contributed by atoms with Crippen LogP contribution in [0, 0.1) is 0 Å². The molecular weight excluding hydrogens is 138 g/mol. The molecule has 0 unspecified atom stereocenters. The second-order valence-corrected chi connectivity index (χ2v) is 0.695. The number of carbonyl (C=O) groups is 2. The van der Waals surface area contributed by atoms with Gasteiger partial charge in [0, 0.05) is 0 Å². The topological polar surface area (TPSA) is 63.6 Å². The summed E-state index contributed by atoms with van der Waals surface area (Å²) >= 11 is 0. The van der Waals surface area contributed by atoms with E-state index in [4.69, 9.17) is 14.7 Å². The van der Waals surface area contributed by atoms with Gasteiger partial charge in [-0.3, -0.25) is 0 Å². The van der Waals surface area contributed by atoms with E-state index in [1.54, 1.807) is 0 Å². The van der Waals surface area contributed by atoms with Crippen LogP contribution in [0.2, 0.25) is 0 Å². The van der Waals surface area contributed by atoms with Crippen molar-refractivity contribution in [3.8, 4) is 0 Å². The molecule has 0 heterocycles. The van der Waals surface area contributed by atoms with Gasteiger partial charge in [-0.15, -0.1) is 8.78 Å². The molecule has 0 saturated heterocycles. The van der Waals surface area contributed by atoms with Gasteiger partial charge in [-0.1, -0.05) is 0 Å². The fourth-order valence-corrected chi connectivity index (χ4v) is 0. The molecule has 0 aliphatic carbocycles. The van der Waals surface area contributed by atoms with Gasteiger partial charge in [0.25, 0.3) is 0 Å². The minimum absolute atomic E-state index is 0.975. The summed E-state index contributed by atoms with van der Waals surface area (Å²) in [5, 5.41) is 6.75. The number of halogens is 2. The first-order valence-electron chi connectivity index (χ1n) is 1.62. The summed E-state index contributed by atoms with van der Waals surface area (Å²) in [7, 11) is 0.975. The summed E-state index contributed by atoms with van der Waals surface area (Å²) in [5.41, 5.74) is 0. The monoisotopic (exact) mass is 142 g/mol. The van der Waals surface area contributed by atoms with E-state index in [-0.39, 0.29) is 0 Å². The van der Waals surface area contributed by atoms with E-state index in [2.05, 4.69) is 4.74 Å². The minimum atomic E-state index is -2.33. The van der Waals surface area contributed by atoms with E-state index in [1.807, 2.05) is 0 Å². The Labute approximate surface area is 49.0 Å². The Morgan fingerprint density at radius 2 is 1.56 bits per heavy atom. The number of methoxy groups -OCH3 is 1. The van der Waals surface area contributed by atoms with Crippen LogP contribution in [0.15, 0.2) is 0 Å². The van der Waals surface area contributed by atoms with E-state index >= 15 is 0 Å². The fourth-order valence-electron chi connectivity index (χ4n) is 0. The summed E-state index contributed by atoms with van der Waals surface area (Å²) in [4.78, 5) is 17.3. The quantitative estimate of drug-likeness (QED) is 0.518. The first kappa shape index (κ1) is 10.7. The molecular formula is C3H4F2O4. The molecule has 4 nitrogen and oxygen atoms in total. The van der Waals surface area contributed by atoms with Crippen LogP contribution >= 0.6 is 0 Å². The maximum absolute atomic E-state index is 10.6. The number of carbonyl (C=O) groups excluding carboxylic acids is 1. The number of hydrogen-bond donors (Lipinski definition) is 1. The van der Waals surface area contributed by atoms with Crippen molar-refractivity contribution in [3.05, 3.63) is 0 Å². The third-order valence-corrected chi connectivity index (χ3v) is 0.160. The van der Waals surface area contributed by atoms with Crippen molar-refractivity contribution in [2.75, 3.05) is 7.11 Å². The van der Waals surface area contributed by atoms with Crippen LogP contribution in [-0.4, -0.2) is 24.7 Å². The Hall–Kier alpha value is -1.20. The van der Waals surface area contributed by atoms with Crippen molar-refractivity contribution in [1.82, 2.24) is 0 Å². The molecule has 54 valence electrons. The van der Waals surface area contributed by atoms with Gasteiger partial charge in [0.15, 0.2) is 0 Å². The molecule has 0 rings (SSSR count).